The predicted molar refractivity (Wildman–Crippen MR) is 60.6 cm³/mol. The van der Waals surface area contributed by atoms with E-state index >= 15 is 0 Å². The molecule has 0 aromatic rings. The number of hydrogen-bond acceptors (Lipinski definition) is 4. The minimum atomic E-state index is -0.942. The van der Waals surface area contributed by atoms with E-state index in [1.165, 1.54) is 5.48 Å². The lowest BCUT2D eigenvalue weighted by atomic mass is 9.79. The molecule has 0 radical (unpaired) electrons. The van der Waals surface area contributed by atoms with Gasteiger partial charge in [-0.05, 0) is 12.8 Å². The van der Waals surface area contributed by atoms with Crippen LogP contribution in [-0.4, -0.2) is 34.6 Å². The lowest BCUT2D eigenvalue weighted by Crippen LogP contribution is -2.40. The van der Waals surface area contributed by atoms with Crippen molar-refractivity contribution in [3.63, 3.8) is 0 Å². The molecule has 0 bridgehead atoms. The van der Waals surface area contributed by atoms with Gasteiger partial charge in [-0.2, -0.15) is 0 Å². The van der Waals surface area contributed by atoms with Gasteiger partial charge in [0.05, 0.1) is 11.8 Å². The number of amides is 2. The van der Waals surface area contributed by atoms with Crippen LogP contribution in [0.4, 0.5) is 0 Å². The summed E-state index contributed by atoms with van der Waals surface area (Å²) < 4.78 is 0. The quantitative estimate of drug-likeness (QED) is 0.405. The fraction of sp³-hybridized carbons (Fsp3) is 0.727. The number of aliphatic carboxylic acids is 1. The fourth-order valence-corrected chi connectivity index (χ4v) is 2.23. The molecule has 7 nitrogen and oxygen atoms in total. The summed E-state index contributed by atoms with van der Waals surface area (Å²) in [6.07, 6.45) is 2.72. The van der Waals surface area contributed by atoms with Gasteiger partial charge in [-0.3, -0.25) is 19.6 Å². The summed E-state index contributed by atoms with van der Waals surface area (Å²) >= 11 is 0. The largest absolute Gasteiger partial charge is 0.481 e. The number of carboxylic acid groups (broad SMARTS) is 1. The first-order valence-corrected chi connectivity index (χ1v) is 5.99. The van der Waals surface area contributed by atoms with Crippen LogP contribution in [0.2, 0.25) is 0 Å². The molecule has 0 aromatic carbocycles. The zero-order valence-electron chi connectivity index (χ0n) is 10.0. The molecular formula is C11H18N2O5. The highest BCUT2D eigenvalue weighted by Gasteiger charge is 2.35. The molecule has 0 aliphatic heterocycles. The standard InChI is InChI=1S/C11H18N2O5/c14-9(13-18)5-6-12-10(15)7-3-1-2-4-8(7)11(16)17/h7-8,18H,1-6H2,(H,12,15)(H,13,14)(H,16,17)/t7-,8+/m1/s1. The maximum absolute atomic E-state index is 11.8. The SMILES string of the molecule is O=C(CCNC(=O)[C@@H]1CCCC[C@@H]1C(=O)O)NO. The average Bonchev–Trinajstić information content (AvgIpc) is 2.38. The van der Waals surface area contributed by atoms with Gasteiger partial charge in [0.25, 0.3) is 0 Å². The van der Waals surface area contributed by atoms with Crippen molar-refractivity contribution >= 4 is 17.8 Å². The van der Waals surface area contributed by atoms with Gasteiger partial charge < -0.3 is 10.4 Å². The lowest BCUT2D eigenvalue weighted by molar-refractivity contribution is -0.149. The Morgan fingerprint density at radius 2 is 1.72 bits per heavy atom. The van der Waals surface area contributed by atoms with Crippen LogP contribution >= 0.6 is 0 Å². The van der Waals surface area contributed by atoms with Gasteiger partial charge in [0, 0.05) is 13.0 Å². The Labute approximate surface area is 105 Å². The number of nitrogens with one attached hydrogen (secondary N) is 2. The molecule has 0 heterocycles. The molecule has 102 valence electrons. The summed E-state index contributed by atoms with van der Waals surface area (Å²) in [6.45, 7) is 0.0913. The molecule has 1 aliphatic rings. The molecule has 7 heteroatoms. The molecule has 0 saturated heterocycles. The number of hydrogen-bond donors (Lipinski definition) is 4. The van der Waals surface area contributed by atoms with Gasteiger partial charge in [0.1, 0.15) is 0 Å². The van der Waals surface area contributed by atoms with Gasteiger partial charge in [-0.15, -0.1) is 0 Å². The maximum Gasteiger partial charge on any atom is 0.307 e. The van der Waals surface area contributed by atoms with Crippen LogP contribution in [0.3, 0.4) is 0 Å². The second-order valence-electron chi connectivity index (χ2n) is 4.41. The number of carboxylic acids is 1. The molecular weight excluding hydrogens is 240 g/mol. The number of carbonyl (C=O) groups is 3. The molecule has 0 aromatic heterocycles. The molecule has 0 spiro atoms. The zero-order valence-corrected chi connectivity index (χ0v) is 10.0. The summed E-state index contributed by atoms with van der Waals surface area (Å²) in [5.41, 5.74) is 1.46. The number of rotatable bonds is 5. The average molecular weight is 258 g/mol. The van der Waals surface area contributed by atoms with Crippen LogP contribution < -0.4 is 10.8 Å². The van der Waals surface area contributed by atoms with Crippen LogP contribution in [0, 0.1) is 11.8 Å². The topological polar surface area (TPSA) is 116 Å². The molecule has 1 saturated carbocycles. The monoisotopic (exact) mass is 258 g/mol. The van der Waals surface area contributed by atoms with Crippen molar-refractivity contribution in [3.8, 4) is 0 Å². The summed E-state index contributed by atoms with van der Waals surface area (Å²) in [7, 11) is 0. The van der Waals surface area contributed by atoms with E-state index in [0.29, 0.717) is 12.8 Å². The number of hydroxylamine groups is 1. The summed E-state index contributed by atoms with van der Waals surface area (Å²) in [5.74, 6) is -3.01. The highest BCUT2D eigenvalue weighted by atomic mass is 16.5. The van der Waals surface area contributed by atoms with Gasteiger partial charge in [0.2, 0.25) is 11.8 Å². The Hall–Kier alpha value is -1.63. The second-order valence-corrected chi connectivity index (χ2v) is 4.41. The first kappa shape index (κ1) is 14.4. The Morgan fingerprint density at radius 3 is 2.28 bits per heavy atom. The Kier molecular flexibility index (Phi) is 5.57. The third kappa shape index (κ3) is 3.99. The summed E-state index contributed by atoms with van der Waals surface area (Å²) in [4.78, 5) is 33.6. The molecule has 4 N–H and O–H groups in total. The summed E-state index contributed by atoms with van der Waals surface area (Å²) in [6, 6.07) is 0. The van der Waals surface area contributed by atoms with Gasteiger partial charge in [-0.1, -0.05) is 12.8 Å². The normalized spacial score (nSPS) is 23.2. The molecule has 1 aliphatic carbocycles. The smallest absolute Gasteiger partial charge is 0.307 e. The molecule has 2 atom stereocenters. The Morgan fingerprint density at radius 1 is 1.11 bits per heavy atom. The first-order chi connectivity index (χ1) is 8.56. The minimum absolute atomic E-state index is 0.0350. The van der Waals surface area contributed by atoms with E-state index < -0.39 is 23.7 Å². The van der Waals surface area contributed by atoms with E-state index in [1.54, 1.807) is 0 Å². The third-order valence-electron chi connectivity index (χ3n) is 3.20. The van der Waals surface area contributed by atoms with Gasteiger partial charge in [-0.25, -0.2) is 5.48 Å². The molecule has 1 rings (SSSR count). The first-order valence-electron chi connectivity index (χ1n) is 5.99. The van der Waals surface area contributed by atoms with E-state index in [4.69, 9.17) is 10.3 Å². The highest BCUT2D eigenvalue weighted by Crippen LogP contribution is 2.30. The Bertz CT molecular complexity index is 331. The van der Waals surface area contributed by atoms with Crippen molar-refractivity contribution in [1.29, 1.82) is 0 Å². The highest BCUT2D eigenvalue weighted by molar-refractivity contribution is 5.85. The molecule has 1 fully saturated rings. The summed E-state index contributed by atoms with van der Waals surface area (Å²) in [5, 5.41) is 19.8. The van der Waals surface area contributed by atoms with Crippen LogP contribution in [0.15, 0.2) is 0 Å². The van der Waals surface area contributed by atoms with E-state index in [1.807, 2.05) is 0 Å². The molecule has 18 heavy (non-hydrogen) atoms. The van der Waals surface area contributed by atoms with Crippen LogP contribution in [0.5, 0.6) is 0 Å². The molecule has 2 amide bonds. The van der Waals surface area contributed by atoms with Crippen molar-refractivity contribution < 1.29 is 24.7 Å². The van der Waals surface area contributed by atoms with Crippen LogP contribution in [0.25, 0.3) is 0 Å². The van der Waals surface area contributed by atoms with Crippen molar-refractivity contribution in [3.05, 3.63) is 0 Å². The zero-order chi connectivity index (χ0) is 13.5. The lowest BCUT2D eigenvalue weighted by Gasteiger charge is -2.27. The van der Waals surface area contributed by atoms with E-state index in [-0.39, 0.29) is 18.9 Å². The van der Waals surface area contributed by atoms with Crippen LogP contribution in [-0.2, 0) is 14.4 Å². The van der Waals surface area contributed by atoms with E-state index in [0.717, 1.165) is 12.8 Å². The fourth-order valence-electron chi connectivity index (χ4n) is 2.23. The van der Waals surface area contributed by atoms with Crippen molar-refractivity contribution in [2.75, 3.05) is 6.54 Å². The number of carbonyl (C=O) groups excluding carboxylic acids is 2. The minimum Gasteiger partial charge on any atom is -0.481 e. The third-order valence-corrected chi connectivity index (χ3v) is 3.20. The maximum atomic E-state index is 11.8. The van der Waals surface area contributed by atoms with Gasteiger partial charge in [0.15, 0.2) is 0 Å². The second kappa shape index (κ2) is 6.95. The van der Waals surface area contributed by atoms with Crippen molar-refractivity contribution in [2.45, 2.75) is 32.1 Å². The van der Waals surface area contributed by atoms with Crippen molar-refractivity contribution in [1.82, 2.24) is 10.8 Å². The molecule has 0 unspecified atom stereocenters. The van der Waals surface area contributed by atoms with Crippen molar-refractivity contribution in [2.24, 2.45) is 11.8 Å². The van der Waals surface area contributed by atoms with E-state index in [2.05, 4.69) is 5.32 Å². The van der Waals surface area contributed by atoms with Crippen LogP contribution in [0.1, 0.15) is 32.1 Å². The predicted octanol–water partition coefficient (Wildman–Crippen LogP) is -0.111. The van der Waals surface area contributed by atoms with Gasteiger partial charge >= 0.3 is 5.97 Å². The Balaban J connectivity index is 2.43. The van der Waals surface area contributed by atoms with E-state index in [9.17, 15) is 14.4 Å².